The van der Waals surface area contributed by atoms with Crippen LogP contribution in [0.3, 0.4) is 0 Å². The summed E-state index contributed by atoms with van der Waals surface area (Å²) < 4.78 is 2.13. The van der Waals surface area contributed by atoms with Crippen molar-refractivity contribution in [2.24, 2.45) is 0 Å². The topological polar surface area (TPSA) is 43.8 Å². The van der Waals surface area contributed by atoms with Crippen LogP contribution in [0, 0.1) is 0 Å². The van der Waals surface area contributed by atoms with Crippen LogP contribution < -0.4 is 5.73 Å². The summed E-state index contributed by atoms with van der Waals surface area (Å²) in [7, 11) is 0. The third-order valence-corrected chi connectivity index (χ3v) is 4.65. The predicted molar refractivity (Wildman–Crippen MR) is 89.0 cm³/mol. The molecule has 1 aromatic heterocycles. The number of imidazole rings is 1. The predicted octanol–water partition coefficient (Wildman–Crippen LogP) is 5.12. The molecule has 1 saturated carbocycles. The van der Waals surface area contributed by atoms with Crippen LogP contribution in [0.2, 0.25) is 10.0 Å². The molecule has 21 heavy (non-hydrogen) atoms. The van der Waals surface area contributed by atoms with Gasteiger partial charge in [0.1, 0.15) is 17.3 Å². The summed E-state index contributed by atoms with van der Waals surface area (Å²) in [6.07, 6.45) is 4.96. The summed E-state index contributed by atoms with van der Waals surface area (Å²) in [5.74, 6) is 2.34. The van der Waals surface area contributed by atoms with Gasteiger partial charge in [0.05, 0.1) is 0 Å². The van der Waals surface area contributed by atoms with E-state index in [2.05, 4.69) is 11.5 Å². The molecule has 2 aromatic rings. The lowest BCUT2D eigenvalue weighted by molar-refractivity contribution is 0.604. The highest BCUT2D eigenvalue weighted by Crippen LogP contribution is 2.38. The van der Waals surface area contributed by atoms with Gasteiger partial charge in [0.2, 0.25) is 0 Å². The van der Waals surface area contributed by atoms with Gasteiger partial charge in [0.15, 0.2) is 0 Å². The maximum Gasteiger partial charge on any atom is 0.131 e. The van der Waals surface area contributed by atoms with E-state index in [1.807, 2.05) is 12.1 Å². The molecule has 0 radical (unpaired) electrons. The van der Waals surface area contributed by atoms with Crippen molar-refractivity contribution in [1.29, 1.82) is 0 Å². The molecule has 112 valence electrons. The van der Waals surface area contributed by atoms with Gasteiger partial charge in [0.25, 0.3) is 0 Å². The minimum atomic E-state index is 0.524. The molecule has 2 N–H and O–H groups in total. The Bertz CT molecular complexity index is 638. The van der Waals surface area contributed by atoms with Gasteiger partial charge in [0, 0.05) is 28.1 Å². The SMILES string of the molecule is CCn1c(C2CCCC2)nc(-c2cc(Cl)cc(Cl)c2)c1N. The van der Waals surface area contributed by atoms with Gasteiger partial charge in [-0.05, 0) is 38.0 Å². The van der Waals surface area contributed by atoms with Gasteiger partial charge in [-0.15, -0.1) is 0 Å². The van der Waals surface area contributed by atoms with Gasteiger partial charge in [-0.1, -0.05) is 36.0 Å². The monoisotopic (exact) mass is 323 g/mol. The van der Waals surface area contributed by atoms with Crippen LogP contribution in [0.25, 0.3) is 11.3 Å². The molecule has 0 atom stereocenters. The van der Waals surface area contributed by atoms with Crippen molar-refractivity contribution in [3.8, 4) is 11.3 Å². The molecule has 5 heteroatoms. The molecule has 3 rings (SSSR count). The van der Waals surface area contributed by atoms with E-state index >= 15 is 0 Å². The van der Waals surface area contributed by atoms with Crippen LogP contribution in [0.1, 0.15) is 44.3 Å². The zero-order chi connectivity index (χ0) is 15.0. The third-order valence-electron chi connectivity index (χ3n) is 4.21. The fraction of sp³-hybridized carbons (Fsp3) is 0.438. The third kappa shape index (κ3) is 2.77. The number of aromatic nitrogens is 2. The highest BCUT2D eigenvalue weighted by Gasteiger charge is 2.25. The largest absolute Gasteiger partial charge is 0.383 e. The van der Waals surface area contributed by atoms with Gasteiger partial charge >= 0.3 is 0 Å². The Morgan fingerprint density at radius 1 is 1.19 bits per heavy atom. The number of halogens is 2. The first-order valence-electron chi connectivity index (χ1n) is 7.42. The van der Waals surface area contributed by atoms with Crippen LogP contribution in [0.15, 0.2) is 18.2 Å². The van der Waals surface area contributed by atoms with E-state index < -0.39 is 0 Å². The van der Waals surface area contributed by atoms with Crippen molar-refractivity contribution < 1.29 is 0 Å². The number of nitrogens with zero attached hydrogens (tertiary/aromatic N) is 2. The molecular formula is C16H19Cl2N3. The average molecular weight is 324 g/mol. The number of nitrogen functional groups attached to an aromatic ring is 1. The van der Waals surface area contributed by atoms with Crippen LogP contribution in [-0.4, -0.2) is 9.55 Å². The number of benzene rings is 1. The minimum Gasteiger partial charge on any atom is -0.383 e. The molecule has 1 aliphatic carbocycles. The number of hydrogen-bond donors (Lipinski definition) is 1. The molecular weight excluding hydrogens is 305 g/mol. The number of nitrogens with two attached hydrogens (primary N) is 1. The summed E-state index contributed by atoms with van der Waals surface area (Å²) in [4.78, 5) is 4.84. The summed E-state index contributed by atoms with van der Waals surface area (Å²) in [6, 6.07) is 5.45. The zero-order valence-corrected chi connectivity index (χ0v) is 13.6. The summed E-state index contributed by atoms with van der Waals surface area (Å²) in [5, 5.41) is 1.20. The van der Waals surface area contributed by atoms with Crippen LogP contribution in [0.5, 0.6) is 0 Å². The minimum absolute atomic E-state index is 0.524. The molecule has 1 fully saturated rings. The Morgan fingerprint density at radius 2 is 1.81 bits per heavy atom. The van der Waals surface area contributed by atoms with Gasteiger partial charge in [-0.25, -0.2) is 4.98 Å². The number of rotatable bonds is 3. The van der Waals surface area contributed by atoms with E-state index in [1.54, 1.807) is 6.07 Å². The van der Waals surface area contributed by atoms with Crippen molar-refractivity contribution in [2.45, 2.75) is 45.1 Å². The molecule has 3 nitrogen and oxygen atoms in total. The highest BCUT2D eigenvalue weighted by atomic mass is 35.5. The van der Waals surface area contributed by atoms with E-state index in [1.165, 1.54) is 25.7 Å². The Hall–Kier alpha value is -1.19. The lowest BCUT2D eigenvalue weighted by Crippen LogP contribution is -2.08. The van der Waals surface area contributed by atoms with Crippen molar-refractivity contribution in [1.82, 2.24) is 9.55 Å². The first-order valence-corrected chi connectivity index (χ1v) is 8.18. The quantitative estimate of drug-likeness (QED) is 0.852. The molecule has 1 heterocycles. The van der Waals surface area contributed by atoms with Crippen LogP contribution in [0.4, 0.5) is 5.82 Å². The zero-order valence-electron chi connectivity index (χ0n) is 12.1. The van der Waals surface area contributed by atoms with Gasteiger partial charge in [-0.3, -0.25) is 0 Å². The van der Waals surface area contributed by atoms with E-state index in [4.69, 9.17) is 33.9 Å². The second-order valence-corrected chi connectivity index (χ2v) is 6.46. The first-order chi connectivity index (χ1) is 10.1. The lowest BCUT2D eigenvalue weighted by atomic mass is 10.1. The Morgan fingerprint density at radius 3 is 2.38 bits per heavy atom. The molecule has 0 aliphatic heterocycles. The van der Waals surface area contributed by atoms with Crippen molar-refractivity contribution in [2.75, 3.05) is 5.73 Å². The first kappa shape index (κ1) is 14.7. The molecule has 1 aromatic carbocycles. The van der Waals surface area contributed by atoms with Gasteiger partial charge < -0.3 is 10.3 Å². The average Bonchev–Trinajstić information content (AvgIpc) is 3.04. The molecule has 0 amide bonds. The fourth-order valence-electron chi connectivity index (χ4n) is 3.21. The number of anilines is 1. The van der Waals surface area contributed by atoms with Crippen LogP contribution in [-0.2, 0) is 6.54 Å². The second kappa shape index (κ2) is 5.90. The maximum atomic E-state index is 6.33. The maximum absolute atomic E-state index is 6.33. The standard InChI is InChI=1S/C16H19Cl2N3/c1-2-21-15(19)14(11-7-12(17)9-13(18)8-11)20-16(21)10-5-3-4-6-10/h7-10H,2-6,19H2,1H3. The van der Waals surface area contributed by atoms with Crippen molar-refractivity contribution in [3.05, 3.63) is 34.1 Å². The molecule has 0 spiro atoms. The summed E-state index contributed by atoms with van der Waals surface area (Å²) >= 11 is 12.2. The molecule has 0 bridgehead atoms. The Kier molecular flexibility index (Phi) is 4.14. The second-order valence-electron chi connectivity index (χ2n) is 5.59. The van der Waals surface area contributed by atoms with E-state index in [-0.39, 0.29) is 0 Å². The molecule has 0 unspecified atom stereocenters. The van der Waals surface area contributed by atoms with E-state index in [0.717, 1.165) is 23.6 Å². The smallest absolute Gasteiger partial charge is 0.131 e. The molecule has 1 aliphatic rings. The Balaban J connectivity index is 2.10. The van der Waals surface area contributed by atoms with Gasteiger partial charge in [-0.2, -0.15) is 0 Å². The van der Waals surface area contributed by atoms with Crippen LogP contribution >= 0.6 is 23.2 Å². The fourth-order valence-corrected chi connectivity index (χ4v) is 3.74. The molecule has 0 saturated heterocycles. The van der Waals surface area contributed by atoms with E-state index in [0.29, 0.717) is 21.8 Å². The summed E-state index contributed by atoms with van der Waals surface area (Å²) in [6.45, 7) is 2.93. The van der Waals surface area contributed by atoms with Crippen molar-refractivity contribution >= 4 is 29.0 Å². The van der Waals surface area contributed by atoms with Crippen molar-refractivity contribution in [3.63, 3.8) is 0 Å². The lowest BCUT2D eigenvalue weighted by Gasteiger charge is -2.11. The number of hydrogen-bond acceptors (Lipinski definition) is 2. The highest BCUT2D eigenvalue weighted by molar-refractivity contribution is 6.35. The summed E-state index contributed by atoms with van der Waals surface area (Å²) in [5.41, 5.74) is 8.01. The normalized spacial score (nSPS) is 15.8. The Labute approximate surface area is 135 Å². The van der Waals surface area contributed by atoms with E-state index in [9.17, 15) is 0 Å².